The van der Waals surface area contributed by atoms with Crippen molar-refractivity contribution in [2.24, 2.45) is 0 Å². The summed E-state index contributed by atoms with van der Waals surface area (Å²) in [5.74, 6) is -1.78. The molecule has 0 atom stereocenters. The summed E-state index contributed by atoms with van der Waals surface area (Å²) in [6.07, 6.45) is 1.08. The number of carbonyl (C=O) groups is 3. The average molecular weight is 244 g/mol. The first-order chi connectivity index (χ1) is 8.04. The Hall–Kier alpha value is -1.85. The SMILES string of the molecule is CCOC(=O)CC/C(=C/C(=O)OC)C(=O)OC. The van der Waals surface area contributed by atoms with Gasteiger partial charge in [-0.05, 0) is 13.3 Å². The van der Waals surface area contributed by atoms with Crippen LogP contribution in [0.3, 0.4) is 0 Å². The summed E-state index contributed by atoms with van der Waals surface area (Å²) in [7, 11) is 2.39. The standard InChI is InChI=1S/C11H16O6/c1-4-17-9(12)6-5-8(11(14)16-3)7-10(13)15-2/h7H,4-6H2,1-3H3/b8-7-. The van der Waals surface area contributed by atoms with Gasteiger partial charge in [-0.15, -0.1) is 0 Å². The highest BCUT2D eigenvalue weighted by molar-refractivity contribution is 5.96. The number of hydrogen-bond acceptors (Lipinski definition) is 6. The van der Waals surface area contributed by atoms with Gasteiger partial charge < -0.3 is 14.2 Å². The van der Waals surface area contributed by atoms with E-state index in [1.54, 1.807) is 6.92 Å². The quantitative estimate of drug-likeness (QED) is 0.387. The number of hydrogen-bond donors (Lipinski definition) is 0. The fraction of sp³-hybridized carbons (Fsp3) is 0.545. The lowest BCUT2D eigenvalue weighted by Gasteiger charge is -2.05. The zero-order valence-electron chi connectivity index (χ0n) is 10.1. The van der Waals surface area contributed by atoms with Gasteiger partial charge in [0.15, 0.2) is 0 Å². The van der Waals surface area contributed by atoms with Crippen LogP contribution in [0.5, 0.6) is 0 Å². The van der Waals surface area contributed by atoms with Gasteiger partial charge in [-0.25, -0.2) is 9.59 Å². The van der Waals surface area contributed by atoms with Crippen LogP contribution in [-0.2, 0) is 28.6 Å². The normalized spacial score (nSPS) is 10.6. The molecule has 0 aliphatic carbocycles. The molecule has 6 heteroatoms. The highest BCUT2D eigenvalue weighted by Gasteiger charge is 2.14. The van der Waals surface area contributed by atoms with Gasteiger partial charge in [-0.3, -0.25) is 4.79 Å². The maximum Gasteiger partial charge on any atom is 0.334 e. The lowest BCUT2D eigenvalue weighted by atomic mass is 10.1. The second kappa shape index (κ2) is 8.32. The Morgan fingerprint density at radius 3 is 2.18 bits per heavy atom. The Labute approximate surface area is 99.5 Å². The van der Waals surface area contributed by atoms with E-state index in [0.717, 1.165) is 6.08 Å². The van der Waals surface area contributed by atoms with E-state index in [0.29, 0.717) is 0 Å². The third-order valence-electron chi connectivity index (χ3n) is 1.84. The van der Waals surface area contributed by atoms with Crippen LogP contribution in [0.25, 0.3) is 0 Å². The smallest absolute Gasteiger partial charge is 0.334 e. The van der Waals surface area contributed by atoms with E-state index < -0.39 is 17.9 Å². The predicted molar refractivity (Wildman–Crippen MR) is 58.0 cm³/mol. The van der Waals surface area contributed by atoms with Crippen molar-refractivity contribution < 1.29 is 28.6 Å². The van der Waals surface area contributed by atoms with Crippen LogP contribution in [0.2, 0.25) is 0 Å². The molecule has 0 N–H and O–H groups in total. The molecule has 0 aliphatic rings. The molecule has 0 rings (SSSR count). The third-order valence-corrected chi connectivity index (χ3v) is 1.84. The number of ether oxygens (including phenoxy) is 3. The van der Waals surface area contributed by atoms with E-state index in [1.165, 1.54) is 14.2 Å². The van der Waals surface area contributed by atoms with Crippen molar-refractivity contribution in [2.75, 3.05) is 20.8 Å². The first-order valence-corrected chi connectivity index (χ1v) is 5.07. The predicted octanol–water partition coefficient (Wildman–Crippen LogP) is 0.602. The Bertz CT molecular complexity index is 318. The first kappa shape index (κ1) is 15.2. The molecular weight excluding hydrogens is 228 g/mol. The Balaban J connectivity index is 4.51. The summed E-state index contributed by atoms with van der Waals surface area (Å²) in [4.78, 5) is 33.4. The second-order valence-electron chi connectivity index (χ2n) is 2.99. The molecule has 0 bridgehead atoms. The lowest BCUT2D eigenvalue weighted by Crippen LogP contribution is -2.11. The van der Waals surface area contributed by atoms with Crippen molar-refractivity contribution in [1.29, 1.82) is 0 Å². The highest BCUT2D eigenvalue weighted by Crippen LogP contribution is 2.08. The van der Waals surface area contributed by atoms with Crippen LogP contribution in [0, 0.1) is 0 Å². The highest BCUT2D eigenvalue weighted by atomic mass is 16.5. The van der Waals surface area contributed by atoms with Crippen molar-refractivity contribution in [2.45, 2.75) is 19.8 Å². The van der Waals surface area contributed by atoms with E-state index in [1.807, 2.05) is 0 Å². The molecule has 0 heterocycles. The minimum atomic E-state index is -0.672. The molecule has 0 aromatic heterocycles. The molecule has 0 radical (unpaired) electrons. The number of carbonyl (C=O) groups excluding carboxylic acids is 3. The number of esters is 3. The monoisotopic (exact) mass is 244 g/mol. The summed E-state index contributed by atoms with van der Waals surface area (Å²) in [5.41, 5.74) is 0.0763. The van der Waals surface area contributed by atoms with Gasteiger partial charge in [0.1, 0.15) is 0 Å². The maximum absolute atomic E-state index is 11.3. The van der Waals surface area contributed by atoms with Crippen LogP contribution in [0.15, 0.2) is 11.6 Å². The van der Waals surface area contributed by atoms with Crippen LogP contribution < -0.4 is 0 Å². The average Bonchev–Trinajstić information content (AvgIpc) is 2.33. The number of rotatable bonds is 6. The zero-order valence-corrected chi connectivity index (χ0v) is 10.1. The first-order valence-electron chi connectivity index (χ1n) is 5.07. The summed E-state index contributed by atoms with van der Waals surface area (Å²) in [5, 5.41) is 0. The van der Waals surface area contributed by atoms with Crippen molar-refractivity contribution in [3.05, 3.63) is 11.6 Å². The zero-order chi connectivity index (χ0) is 13.3. The summed E-state index contributed by atoms with van der Waals surface area (Å²) >= 11 is 0. The van der Waals surface area contributed by atoms with Crippen LogP contribution in [0.1, 0.15) is 19.8 Å². The molecule has 0 saturated heterocycles. The molecule has 0 unspecified atom stereocenters. The van der Waals surface area contributed by atoms with Crippen molar-refractivity contribution in [3.8, 4) is 0 Å². The topological polar surface area (TPSA) is 78.9 Å². The lowest BCUT2D eigenvalue weighted by molar-refractivity contribution is -0.143. The molecule has 0 spiro atoms. The molecule has 0 amide bonds. The fourth-order valence-electron chi connectivity index (χ4n) is 1.04. The van der Waals surface area contributed by atoms with Gasteiger partial charge in [0.2, 0.25) is 0 Å². The Kier molecular flexibility index (Phi) is 7.41. The summed E-state index contributed by atoms with van der Waals surface area (Å²) in [6, 6.07) is 0. The largest absolute Gasteiger partial charge is 0.466 e. The molecular formula is C11H16O6. The van der Waals surface area contributed by atoms with Crippen LogP contribution >= 0.6 is 0 Å². The summed E-state index contributed by atoms with van der Waals surface area (Å²) in [6.45, 7) is 1.95. The van der Waals surface area contributed by atoms with Gasteiger partial charge in [0, 0.05) is 18.1 Å². The Morgan fingerprint density at radius 2 is 1.71 bits per heavy atom. The van der Waals surface area contributed by atoms with E-state index in [-0.39, 0.29) is 25.0 Å². The van der Waals surface area contributed by atoms with Gasteiger partial charge in [-0.2, -0.15) is 0 Å². The molecule has 0 saturated carbocycles. The molecule has 6 nitrogen and oxygen atoms in total. The molecule has 96 valence electrons. The molecule has 17 heavy (non-hydrogen) atoms. The van der Waals surface area contributed by atoms with E-state index in [4.69, 9.17) is 4.74 Å². The van der Waals surface area contributed by atoms with Gasteiger partial charge >= 0.3 is 17.9 Å². The van der Waals surface area contributed by atoms with Gasteiger partial charge in [-0.1, -0.05) is 0 Å². The van der Waals surface area contributed by atoms with E-state index in [9.17, 15) is 14.4 Å². The van der Waals surface area contributed by atoms with Crippen molar-refractivity contribution >= 4 is 17.9 Å². The molecule has 0 aliphatic heterocycles. The van der Waals surface area contributed by atoms with Crippen molar-refractivity contribution in [1.82, 2.24) is 0 Å². The van der Waals surface area contributed by atoms with Crippen LogP contribution in [-0.4, -0.2) is 38.7 Å². The number of methoxy groups -OCH3 is 2. The van der Waals surface area contributed by atoms with Gasteiger partial charge in [0.25, 0.3) is 0 Å². The summed E-state index contributed by atoms with van der Waals surface area (Å²) < 4.78 is 13.6. The molecule has 0 aromatic carbocycles. The van der Waals surface area contributed by atoms with Crippen molar-refractivity contribution in [3.63, 3.8) is 0 Å². The minimum Gasteiger partial charge on any atom is -0.466 e. The maximum atomic E-state index is 11.3. The fourth-order valence-corrected chi connectivity index (χ4v) is 1.04. The second-order valence-corrected chi connectivity index (χ2v) is 2.99. The minimum absolute atomic E-state index is 0.00572. The Morgan fingerprint density at radius 1 is 1.06 bits per heavy atom. The third kappa shape index (κ3) is 6.34. The van der Waals surface area contributed by atoms with E-state index >= 15 is 0 Å². The molecule has 0 fully saturated rings. The molecule has 0 aromatic rings. The van der Waals surface area contributed by atoms with Crippen LogP contribution in [0.4, 0.5) is 0 Å². The van der Waals surface area contributed by atoms with Gasteiger partial charge in [0.05, 0.1) is 20.8 Å². The van der Waals surface area contributed by atoms with E-state index in [2.05, 4.69) is 9.47 Å².